The van der Waals surface area contributed by atoms with Crippen LogP contribution in [0.25, 0.3) is 0 Å². The van der Waals surface area contributed by atoms with Gasteiger partial charge in [0.05, 0.1) is 10.6 Å². The molecule has 1 aliphatic carbocycles. The van der Waals surface area contributed by atoms with Crippen LogP contribution in [0.15, 0.2) is 16.9 Å². The summed E-state index contributed by atoms with van der Waals surface area (Å²) < 4.78 is 6.94. The van der Waals surface area contributed by atoms with Gasteiger partial charge in [-0.2, -0.15) is 0 Å². The molecule has 4 nitrogen and oxygen atoms in total. The Balaban J connectivity index is 1.44. The van der Waals surface area contributed by atoms with Crippen molar-refractivity contribution < 1.29 is 4.74 Å². The SMILES string of the molecule is Brc1cnc(N2CCC(OCC3CCC3)CC2)nc1. The average Bonchev–Trinajstić information content (AvgIpc) is 2.39. The minimum absolute atomic E-state index is 0.437. The van der Waals surface area contributed by atoms with Gasteiger partial charge in [-0.05, 0) is 47.5 Å². The number of ether oxygens (including phenoxy) is 1. The summed E-state index contributed by atoms with van der Waals surface area (Å²) in [5.74, 6) is 1.67. The molecule has 1 aliphatic heterocycles. The fourth-order valence-corrected chi connectivity index (χ4v) is 2.83. The summed E-state index contributed by atoms with van der Waals surface area (Å²) in [4.78, 5) is 10.9. The zero-order valence-corrected chi connectivity index (χ0v) is 12.7. The highest BCUT2D eigenvalue weighted by Crippen LogP contribution is 2.28. The zero-order chi connectivity index (χ0) is 13.1. The van der Waals surface area contributed by atoms with Crippen LogP contribution in [0.2, 0.25) is 0 Å². The van der Waals surface area contributed by atoms with Crippen LogP contribution in [0.4, 0.5) is 5.95 Å². The predicted octanol–water partition coefficient (Wildman–Crippen LogP) is 3.02. The van der Waals surface area contributed by atoms with Crippen LogP contribution in [0, 0.1) is 5.92 Å². The van der Waals surface area contributed by atoms with E-state index in [0.29, 0.717) is 6.10 Å². The van der Waals surface area contributed by atoms with E-state index in [4.69, 9.17) is 4.74 Å². The summed E-state index contributed by atoms with van der Waals surface area (Å²) in [7, 11) is 0. The van der Waals surface area contributed by atoms with Crippen LogP contribution < -0.4 is 4.90 Å². The first-order valence-corrected chi connectivity index (χ1v) is 7.94. The Morgan fingerprint density at radius 2 is 1.84 bits per heavy atom. The molecule has 1 aromatic heterocycles. The topological polar surface area (TPSA) is 38.2 Å². The summed E-state index contributed by atoms with van der Waals surface area (Å²) in [5.41, 5.74) is 0. The Morgan fingerprint density at radius 1 is 1.16 bits per heavy atom. The maximum absolute atomic E-state index is 6.02. The second-order valence-corrected chi connectivity index (χ2v) is 6.43. The van der Waals surface area contributed by atoms with Crippen LogP contribution >= 0.6 is 15.9 Å². The lowest BCUT2D eigenvalue weighted by Gasteiger charge is -2.33. The lowest BCUT2D eigenvalue weighted by Crippen LogP contribution is -2.38. The number of hydrogen-bond donors (Lipinski definition) is 0. The normalized spacial score (nSPS) is 21.4. The monoisotopic (exact) mass is 325 g/mol. The molecule has 2 heterocycles. The van der Waals surface area contributed by atoms with E-state index in [9.17, 15) is 0 Å². The highest BCUT2D eigenvalue weighted by molar-refractivity contribution is 9.10. The Hall–Kier alpha value is -0.680. The van der Waals surface area contributed by atoms with Gasteiger partial charge in [-0.1, -0.05) is 6.42 Å². The maximum atomic E-state index is 6.02. The van der Waals surface area contributed by atoms with Crippen molar-refractivity contribution in [3.8, 4) is 0 Å². The number of anilines is 1. The largest absolute Gasteiger partial charge is 0.378 e. The van der Waals surface area contributed by atoms with Gasteiger partial charge in [0.25, 0.3) is 0 Å². The minimum atomic E-state index is 0.437. The van der Waals surface area contributed by atoms with Crippen molar-refractivity contribution in [1.82, 2.24) is 9.97 Å². The van der Waals surface area contributed by atoms with Crippen molar-refractivity contribution in [3.05, 3.63) is 16.9 Å². The van der Waals surface area contributed by atoms with Gasteiger partial charge >= 0.3 is 0 Å². The van der Waals surface area contributed by atoms with Crippen LogP contribution in [0.5, 0.6) is 0 Å². The van der Waals surface area contributed by atoms with Gasteiger partial charge in [0.15, 0.2) is 0 Å². The molecule has 1 saturated heterocycles. The van der Waals surface area contributed by atoms with E-state index in [1.807, 2.05) is 12.4 Å². The van der Waals surface area contributed by atoms with Crippen LogP contribution in [-0.2, 0) is 4.74 Å². The molecule has 5 heteroatoms. The Kier molecular flexibility index (Phi) is 4.33. The fourth-order valence-electron chi connectivity index (χ4n) is 2.62. The van der Waals surface area contributed by atoms with Gasteiger partial charge in [-0.25, -0.2) is 9.97 Å². The lowest BCUT2D eigenvalue weighted by atomic mass is 9.86. The van der Waals surface area contributed by atoms with Crippen LogP contribution in [-0.4, -0.2) is 35.8 Å². The number of hydrogen-bond acceptors (Lipinski definition) is 4. The first-order valence-electron chi connectivity index (χ1n) is 7.15. The number of aromatic nitrogens is 2. The molecule has 0 aromatic carbocycles. The van der Waals surface area contributed by atoms with E-state index in [1.54, 1.807) is 0 Å². The molecule has 0 N–H and O–H groups in total. The van der Waals surface area contributed by atoms with E-state index in [0.717, 1.165) is 48.9 Å². The average molecular weight is 326 g/mol. The van der Waals surface area contributed by atoms with Gasteiger partial charge in [0.2, 0.25) is 5.95 Å². The smallest absolute Gasteiger partial charge is 0.225 e. The second-order valence-electron chi connectivity index (χ2n) is 5.52. The summed E-state index contributed by atoms with van der Waals surface area (Å²) in [6.07, 6.45) is 10.4. The molecule has 0 radical (unpaired) electrons. The quantitative estimate of drug-likeness (QED) is 0.852. The van der Waals surface area contributed by atoms with Crippen molar-refractivity contribution in [2.45, 2.75) is 38.2 Å². The van der Waals surface area contributed by atoms with Crippen molar-refractivity contribution in [1.29, 1.82) is 0 Å². The van der Waals surface area contributed by atoms with E-state index in [-0.39, 0.29) is 0 Å². The molecule has 0 atom stereocenters. The molecular formula is C14H20BrN3O. The van der Waals surface area contributed by atoms with Crippen molar-refractivity contribution in [2.24, 2.45) is 5.92 Å². The Bertz CT molecular complexity index is 400. The Morgan fingerprint density at radius 3 is 2.42 bits per heavy atom. The number of halogens is 1. The third-order valence-electron chi connectivity index (χ3n) is 4.12. The molecular weight excluding hydrogens is 306 g/mol. The van der Waals surface area contributed by atoms with Crippen LogP contribution in [0.1, 0.15) is 32.1 Å². The predicted molar refractivity (Wildman–Crippen MR) is 78.3 cm³/mol. The summed E-state index contributed by atoms with van der Waals surface area (Å²) in [6.45, 7) is 2.97. The molecule has 0 bridgehead atoms. The first kappa shape index (κ1) is 13.3. The molecule has 2 fully saturated rings. The molecule has 104 valence electrons. The van der Waals surface area contributed by atoms with E-state index in [1.165, 1.54) is 19.3 Å². The molecule has 3 rings (SSSR count). The van der Waals surface area contributed by atoms with Gasteiger partial charge in [-0.3, -0.25) is 0 Å². The van der Waals surface area contributed by atoms with Crippen molar-refractivity contribution in [3.63, 3.8) is 0 Å². The Labute approximate surface area is 122 Å². The highest BCUT2D eigenvalue weighted by Gasteiger charge is 2.24. The summed E-state index contributed by atoms with van der Waals surface area (Å²) in [5, 5.41) is 0. The maximum Gasteiger partial charge on any atom is 0.225 e. The first-order chi connectivity index (χ1) is 9.31. The van der Waals surface area contributed by atoms with E-state index >= 15 is 0 Å². The number of rotatable bonds is 4. The summed E-state index contributed by atoms with van der Waals surface area (Å²) >= 11 is 3.36. The minimum Gasteiger partial charge on any atom is -0.378 e. The number of piperidine rings is 1. The molecule has 2 aliphatic rings. The van der Waals surface area contributed by atoms with Crippen LogP contribution in [0.3, 0.4) is 0 Å². The number of nitrogens with zero attached hydrogens (tertiary/aromatic N) is 3. The highest BCUT2D eigenvalue weighted by atomic mass is 79.9. The molecule has 19 heavy (non-hydrogen) atoms. The van der Waals surface area contributed by atoms with Crippen molar-refractivity contribution >= 4 is 21.9 Å². The van der Waals surface area contributed by atoms with Gasteiger partial charge < -0.3 is 9.64 Å². The fraction of sp³-hybridized carbons (Fsp3) is 0.714. The molecule has 0 amide bonds. The summed E-state index contributed by atoms with van der Waals surface area (Å²) in [6, 6.07) is 0. The standard InChI is InChI=1S/C14H20BrN3O/c15-12-8-16-14(17-9-12)18-6-4-13(5-7-18)19-10-11-2-1-3-11/h8-9,11,13H,1-7,10H2. The van der Waals surface area contributed by atoms with E-state index < -0.39 is 0 Å². The van der Waals surface area contributed by atoms with Gasteiger partial charge in [0.1, 0.15) is 0 Å². The molecule has 0 unspecified atom stereocenters. The second kappa shape index (κ2) is 6.18. The molecule has 1 saturated carbocycles. The third-order valence-corrected chi connectivity index (χ3v) is 4.53. The molecule has 1 aromatic rings. The third kappa shape index (κ3) is 3.45. The molecule has 0 spiro atoms. The zero-order valence-electron chi connectivity index (χ0n) is 11.1. The van der Waals surface area contributed by atoms with Crippen molar-refractivity contribution in [2.75, 3.05) is 24.6 Å². The van der Waals surface area contributed by atoms with E-state index in [2.05, 4.69) is 30.8 Å². The van der Waals surface area contributed by atoms with Gasteiger partial charge in [0, 0.05) is 32.1 Å². The van der Waals surface area contributed by atoms with Gasteiger partial charge in [-0.15, -0.1) is 0 Å². The lowest BCUT2D eigenvalue weighted by molar-refractivity contribution is -0.00106.